The predicted octanol–water partition coefficient (Wildman–Crippen LogP) is 0.860. The van der Waals surface area contributed by atoms with Crippen molar-refractivity contribution < 1.29 is 14.3 Å². The molecule has 0 radical (unpaired) electrons. The summed E-state index contributed by atoms with van der Waals surface area (Å²) in [5.74, 6) is 1.30. The Bertz CT molecular complexity index is 554. The van der Waals surface area contributed by atoms with Gasteiger partial charge in [0.1, 0.15) is 13.2 Å². The number of nitrogens with two attached hydrogens (primary N) is 1. The van der Waals surface area contributed by atoms with Crippen molar-refractivity contribution in [2.75, 3.05) is 58.7 Å². The third-order valence-corrected chi connectivity index (χ3v) is 4.27. The molecule has 2 aliphatic heterocycles. The number of hydrogen-bond acceptors (Lipinski definition) is 6. The van der Waals surface area contributed by atoms with Crippen molar-refractivity contribution >= 4 is 11.5 Å². The van der Waals surface area contributed by atoms with E-state index in [-0.39, 0.29) is 5.78 Å². The first kappa shape index (κ1) is 15.1. The number of piperazine rings is 1. The van der Waals surface area contributed by atoms with Crippen LogP contribution in [0.5, 0.6) is 11.5 Å². The third-order valence-electron chi connectivity index (χ3n) is 4.27. The number of ether oxygens (including phenoxy) is 2. The summed E-state index contributed by atoms with van der Waals surface area (Å²) in [6.07, 6.45) is 0.480. The molecule has 1 fully saturated rings. The molecule has 120 valence electrons. The van der Waals surface area contributed by atoms with E-state index in [1.54, 1.807) is 12.1 Å². The minimum absolute atomic E-state index is 0.0633. The molecule has 2 N–H and O–H groups in total. The van der Waals surface area contributed by atoms with Crippen LogP contribution in [0.15, 0.2) is 12.1 Å². The molecule has 0 amide bonds. The minimum Gasteiger partial charge on any atom is -0.486 e. The number of benzene rings is 1. The van der Waals surface area contributed by atoms with Gasteiger partial charge in [-0.3, -0.25) is 4.79 Å². The molecule has 0 unspecified atom stereocenters. The highest BCUT2D eigenvalue weighted by Crippen LogP contribution is 2.34. The van der Waals surface area contributed by atoms with Crippen LogP contribution in [0, 0.1) is 0 Å². The standard InChI is InChI=1S/C16H23N3O3/c1-18-4-6-19(7-5-18)3-2-14(20)12-10-15-16(11-13(12)17)22-9-8-21-15/h10-11H,2-9,17H2,1H3. The lowest BCUT2D eigenvalue weighted by atomic mass is 10.0. The van der Waals surface area contributed by atoms with E-state index in [1.807, 2.05) is 0 Å². The van der Waals surface area contributed by atoms with Gasteiger partial charge in [-0.2, -0.15) is 0 Å². The molecule has 3 rings (SSSR count). The van der Waals surface area contributed by atoms with Gasteiger partial charge in [0.15, 0.2) is 17.3 Å². The zero-order valence-electron chi connectivity index (χ0n) is 13.0. The van der Waals surface area contributed by atoms with E-state index in [9.17, 15) is 4.79 Å². The van der Waals surface area contributed by atoms with Crippen LogP contribution in [0.2, 0.25) is 0 Å². The highest BCUT2D eigenvalue weighted by molar-refractivity contribution is 6.01. The van der Waals surface area contributed by atoms with Crippen LogP contribution in [0.1, 0.15) is 16.8 Å². The van der Waals surface area contributed by atoms with Crippen molar-refractivity contribution in [1.82, 2.24) is 9.80 Å². The molecule has 2 heterocycles. The van der Waals surface area contributed by atoms with Gasteiger partial charge < -0.3 is 25.0 Å². The maximum absolute atomic E-state index is 12.4. The van der Waals surface area contributed by atoms with Gasteiger partial charge in [-0.15, -0.1) is 0 Å². The molecule has 0 atom stereocenters. The van der Waals surface area contributed by atoms with Crippen LogP contribution in [0.4, 0.5) is 5.69 Å². The highest BCUT2D eigenvalue weighted by Gasteiger charge is 2.20. The average molecular weight is 305 g/mol. The van der Waals surface area contributed by atoms with E-state index in [2.05, 4.69) is 16.8 Å². The van der Waals surface area contributed by atoms with Crippen LogP contribution in [0.3, 0.4) is 0 Å². The second-order valence-electron chi connectivity index (χ2n) is 5.90. The Kier molecular flexibility index (Phi) is 4.49. The number of nitrogens with zero attached hydrogens (tertiary/aromatic N) is 2. The lowest BCUT2D eigenvalue weighted by Gasteiger charge is -2.32. The Hall–Kier alpha value is -1.79. The van der Waals surface area contributed by atoms with Gasteiger partial charge in [0.25, 0.3) is 0 Å². The van der Waals surface area contributed by atoms with E-state index in [1.165, 1.54) is 0 Å². The molecule has 6 heteroatoms. The van der Waals surface area contributed by atoms with Crippen molar-refractivity contribution in [3.63, 3.8) is 0 Å². The minimum atomic E-state index is 0.0633. The second-order valence-corrected chi connectivity index (χ2v) is 5.90. The summed E-state index contributed by atoms with van der Waals surface area (Å²) in [7, 11) is 2.12. The Morgan fingerprint density at radius 3 is 2.45 bits per heavy atom. The molecule has 0 aromatic heterocycles. The number of anilines is 1. The molecule has 22 heavy (non-hydrogen) atoms. The predicted molar refractivity (Wildman–Crippen MR) is 84.7 cm³/mol. The number of carbonyl (C=O) groups excluding carboxylic acids is 1. The summed E-state index contributed by atoms with van der Waals surface area (Å²) in [6, 6.07) is 3.41. The van der Waals surface area contributed by atoms with Gasteiger partial charge in [-0.1, -0.05) is 0 Å². The van der Waals surface area contributed by atoms with E-state index < -0.39 is 0 Å². The Morgan fingerprint density at radius 2 is 1.77 bits per heavy atom. The van der Waals surface area contributed by atoms with E-state index in [4.69, 9.17) is 15.2 Å². The molecular formula is C16H23N3O3. The van der Waals surface area contributed by atoms with Crippen molar-refractivity contribution in [2.24, 2.45) is 0 Å². The fraction of sp³-hybridized carbons (Fsp3) is 0.562. The molecule has 1 aromatic rings. The molecule has 0 bridgehead atoms. The molecule has 0 saturated carbocycles. The molecule has 1 aromatic carbocycles. The number of carbonyl (C=O) groups is 1. The number of likely N-dealkylation sites (N-methyl/N-ethyl adjacent to an activating group) is 1. The van der Waals surface area contributed by atoms with Gasteiger partial charge in [0.2, 0.25) is 0 Å². The number of ketones is 1. The molecule has 2 aliphatic rings. The first-order chi connectivity index (χ1) is 10.6. The zero-order valence-corrected chi connectivity index (χ0v) is 13.0. The first-order valence-electron chi connectivity index (χ1n) is 7.77. The summed E-state index contributed by atoms with van der Waals surface area (Å²) in [4.78, 5) is 17.1. The number of rotatable bonds is 4. The Morgan fingerprint density at radius 1 is 1.14 bits per heavy atom. The van der Waals surface area contributed by atoms with E-state index in [0.717, 1.165) is 32.7 Å². The Balaban J connectivity index is 1.62. The van der Waals surface area contributed by atoms with Gasteiger partial charge >= 0.3 is 0 Å². The summed E-state index contributed by atoms with van der Waals surface area (Å²) in [5, 5.41) is 0. The molecule has 1 saturated heterocycles. The number of Topliss-reactive ketones (excluding diaryl/α,β-unsaturated/α-hetero) is 1. The van der Waals surface area contributed by atoms with E-state index in [0.29, 0.717) is 42.4 Å². The smallest absolute Gasteiger partial charge is 0.166 e. The van der Waals surface area contributed by atoms with Gasteiger partial charge in [0.05, 0.1) is 0 Å². The maximum atomic E-state index is 12.4. The van der Waals surface area contributed by atoms with Crippen LogP contribution in [-0.2, 0) is 0 Å². The van der Waals surface area contributed by atoms with Gasteiger partial charge in [-0.05, 0) is 13.1 Å². The molecule has 0 spiro atoms. The van der Waals surface area contributed by atoms with Crippen molar-refractivity contribution in [3.05, 3.63) is 17.7 Å². The highest BCUT2D eigenvalue weighted by atomic mass is 16.6. The number of fused-ring (bicyclic) bond motifs is 1. The van der Waals surface area contributed by atoms with Crippen molar-refractivity contribution in [3.8, 4) is 11.5 Å². The molecule has 6 nitrogen and oxygen atoms in total. The van der Waals surface area contributed by atoms with Gasteiger partial charge in [-0.25, -0.2) is 0 Å². The Labute approximate surface area is 130 Å². The lowest BCUT2D eigenvalue weighted by Crippen LogP contribution is -2.45. The monoisotopic (exact) mass is 305 g/mol. The second kappa shape index (κ2) is 6.54. The molecule has 0 aliphatic carbocycles. The van der Waals surface area contributed by atoms with Gasteiger partial charge in [0, 0.05) is 56.5 Å². The van der Waals surface area contributed by atoms with Crippen LogP contribution >= 0.6 is 0 Å². The maximum Gasteiger partial charge on any atom is 0.166 e. The zero-order chi connectivity index (χ0) is 15.5. The van der Waals surface area contributed by atoms with Crippen LogP contribution in [-0.4, -0.2) is 68.6 Å². The fourth-order valence-electron chi connectivity index (χ4n) is 2.81. The average Bonchev–Trinajstić information content (AvgIpc) is 2.53. The lowest BCUT2D eigenvalue weighted by molar-refractivity contribution is 0.0941. The summed E-state index contributed by atoms with van der Waals surface area (Å²) < 4.78 is 11.0. The normalized spacial score (nSPS) is 19.1. The third kappa shape index (κ3) is 3.34. The summed E-state index contributed by atoms with van der Waals surface area (Å²) in [5.41, 5.74) is 7.00. The topological polar surface area (TPSA) is 68.0 Å². The number of nitrogen functional groups attached to an aromatic ring is 1. The summed E-state index contributed by atoms with van der Waals surface area (Å²) in [6.45, 7) is 5.94. The van der Waals surface area contributed by atoms with Crippen LogP contribution < -0.4 is 15.2 Å². The van der Waals surface area contributed by atoms with Crippen LogP contribution in [0.25, 0.3) is 0 Å². The fourth-order valence-corrected chi connectivity index (χ4v) is 2.81. The quantitative estimate of drug-likeness (QED) is 0.657. The van der Waals surface area contributed by atoms with Crippen molar-refractivity contribution in [1.29, 1.82) is 0 Å². The SMILES string of the molecule is CN1CCN(CCC(=O)c2cc3c(cc2N)OCCO3)CC1. The number of hydrogen-bond donors (Lipinski definition) is 1. The van der Waals surface area contributed by atoms with E-state index >= 15 is 0 Å². The summed E-state index contributed by atoms with van der Waals surface area (Å²) >= 11 is 0. The first-order valence-corrected chi connectivity index (χ1v) is 7.77. The molecular weight excluding hydrogens is 282 g/mol. The van der Waals surface area contributed by atoms with Crippen molar-refractivity contribution in [2.45, 2.75) is 6.42 Å². The largest absolute Gasteiger partial charge is 0.486 e.